The number of nitrogens with zero attached hydrogens (tertiary/aromatic N) is 2. The summed E-state index contributed by atoms with van der Waals surface area (Å²) < 4.78 is 0. The Morgan fingerprint density at radius 2 is 2.28 bits per heavy atom. The number of nitrogen functional groups attached to an aromatic ring is 1. The van der Waals surface area contributed by atoms with Crippen molar-refractivity contribution in [3.05, 3.63) is 17.8 Å². The molecule has 0 radical (unpaired) electrons. The lowest BCUT2D eigenvalue weighted by atomic mass is 9.82. The maximum Gasteiger partial charge on any atom is 0.337 e. The molecule has 1 aromatic rings. The van der Waals surface area contributed by atoms with Crippen LogP contribution in [0.15, 0.2) is 12.3 Å². The summed E-state index contributed by atoms with van der Waals surface area (Å²) in [6, 6.07) is 1.41. The Bertz CT molecular complexity index is 458. The van der Waals surface area contributed by atoms with Crippen molar-refractivity contribution in [1.29, 1.82) is 0 Å². The van der Waals surface area contributed by atoms with Gasteiger partial charge in [-0.25, -0.2) is 9.78 Å². The van der Waals surface area contributed by atoms with E-state index in [0.29, 0.717) is 17.4 Å². The molecule has 6 nitrogen and oxygen atoms in total. The Hall–Kier alpha value is -1.82. The van der Waals surface area contributed by atoms with Crippen molar-refractivity contribution in [1.82, 2.24) is 4.98 Å². The fraction of sp³-hybridized carbons (Fsp3) is 0.500. The first-order valence-corrected chi connectivity index (χ1v) is 5.85. The first kappa shape index (κ1) is 12.6. The molecule has 1 aliphatic carbocycles. The van der Waals surface area contributed by atoms with Gasteiger partial charge >= 0.3 is 5.97 Å². The number of pyridine rings is 1. The third-order valence-electron chi connectivity index (χ3n) is 3.25. The van der Waals surface area contributed by atoms with Crippen LogP contribution in [0.2, 0.25) is 0 Å². The first-order valence-electron chi connectivity index (χ1n) is 5.85. The monoisotopic (exact) mass is 251 g/mol. The van der Waals surface area contributed by atoms with Gasteiger partial charge in [-0.3, -0.25) is 0 Å². The predicted octanol–water partition coefficient (Wildman–Crippen LogP) is 0.569. The zero-order chi connectivity index (χ0) is 13.3. The lowest BCUT2D eigenvalue weighted by molar-refractivity contribution is 0.0464. The highest BCUT2D eigenvalue weighted by Gasteiger charge is 2.28. The lowest BCUT2D eigenvalue weighted by Gasteiger charge is -2.35. The highest BCUT2D eigenvalue weighted by molar-refractivity contribution is 5.89. The van der Waals surface area contributed by atoms with Gasteiger partial charge in [0.25, 0.3) is 0 Å². The summed E-state index contributed by atoms with van der Waals surface area (Å²) in [7, 11) is 1.86. The van der Waals surface area contributed by atoms with Gasteiger partial charge in [0.15, 0.2) is 5.82 Å². The summed E-state index contributed by atoms with van der Waals surface area (Å²) in [6.07, 6.45) is 2.73. The number of aromatic carboxylic acids is 1. The van der Waals surface area contributed by atoms with Gasteiger partial charge in [-0.15, -0.1) is 0 Å². The van der Waals surface area contributed by atoms with Crippen molar-refractivity contribution < 1.29 is 15.0 Å². The Balaban J connectivity index is 2.05. The van der Waals surface area contributed by atoms with E-state index in [1.807, 2.05) is 11.9 Å². The molecule has 1 fully saturated rings. The van der Waals surface area contributed by atoms with Crippen molar-refractivity contribution >= 4 is 17.5 Å². The van der Waals surface area contributed by atoms with Crippen LogP contribution in [-0.4, -0.2) is 40.9 Å². The summed E-state index contributed by atoms with van der Waals surface area (Å²) in [5, 5.41) is 18.1. The number of carbonyl (C=O) groups is 1. The molecule has 0 aliphatic heterocycles. The molecular formula is C12H17N3O3. The molecule has 0 amide bonds. The fourth-order valence-electron chi connectivity index (χ4n) is 2.23. The molecule has 0 atom stereocenters. The molecular weight excluding hydrogens is 234 g/mol. The number of carboxylic acid groups (broad SMARTS) is 1. The van der Waals surface area contributed by atoms with Crippen LogP contribution in [0.25, 0.3) is 0 Å². The van der Waals surface area contributed by atoms with Crippen LogP contribution in [-0.2, 0) is 0 Å². The third kappa shape index (κ3) is 2.53. The van der Waals surface area contributed by atoms with Gasteiger partial charge in [0.2, 0.25) is 0 Å². The minimum atomic E-state index is -1.04. The van der Waals surface area contributed by atoms with E-state index in [1.54, 1.807) is 0 Å². The van der Waals surface area contributed by atoms with Gasteiger partial charge in [-0.2, -0.15) is 0 Å². The largest absolute Gasteiger partial charge is 0.478 e. The Morgan fingerprint density at radius 1 is 1.61 bits per heavy atom. The molecule has 0 aromatic carbocycles. The molecule has 0 bridgehead atoms. The maximum absolute atomic E-state index is 10.8. The van der Waals surface area contributed by atoms with E-state index in [1.165, 1.54) is 12.3 Å². The van der Waals surface area contributed by atoms with Crippen molar-refractivity contribution in [2.45, 2.75) is 18.9 Å². The minimum Gasteiger partial charge on any atom is -0.478 e. The minimum absolute atomic E-state index is 0.0868. The molecule has 1 aliphatic rings. The number of aromatic nitrogens is 1. The first-order chi connectivity index (χ1) is 8.47. The van der Waals surface area contributed by atoms with E-state index in [0.717, 1.165) is 19.4 Å². The van der Waals surface area contributed by atoms with Crippen LogP contribution in [0.5, 0.6) is 0 Å². The molecule has 98 valence electrons. The molecule has 18 heavy (non-hydrogen) atoms. The predicted molar refractivity (Wildman–Crippen MR) is 67.6 cm³/mol. The van der Waals surface area contributed by atoms with Gasteiger partial charge in [-0.1, -0.05) is 0 Å². The molecule has 0 saturated heterocycles. The Labute approximate surface area is 105 Å². The molecule has 1 heterocycles. The molecule has 1 saturated carbocycles. The second-order valence-corrected chi connectivity index (χ2v) is 4.81. The van der Waals surface area contributed by atoms with Crippen LogP contribution >= 0.6 is 0 Å². The van der Waals surface area contributed by atoms with Gasteiger partial charge in [0, 0.05) is 19.8 Å². The van der Waals surface area contributed by atoms with Gasteiger partial charge in [0.05, 0.1) is 17.4 Å². The normalized spacial score (nSPS) is 22.3. The summed E-state index contributed by atoms with van der Waals surface area (Å²) in [6.45, 7) is 0.765. The van der Waals surface area contributed by atoms with Crippen molar-refractivity contribution in [3.8, 4) is 0 Å². The number of hydrogen-bond acceptors (Lipinski definition) is 5. The summed E-state index contributed by atoms with van der Waals surface area (Å²) in [5.41, 5.74) is 6.25. The van der Waals surface area contributed by atoms with Crippen molar-refractivity contribution in [3.63, 3.8) is 0 Å². The average molecular weight is 251 g/mol. The Kier molecular flexibility index (Phi) is 3.38. The molecule has 1 aromatic heterocycles. The number of nitrogens with two attached hydrogens (primary N) is 1. The zero-order valence-corrected chi connectivity index (χ0v) is 10.2. The highest BCUT2D eigenvalue weighted by Crippen LogP contribution is 2.30. The van der Waals surface area contributed by atoms with E-state index < -0.39 is 5.97 Å². The van der Waals surface area contributed by atoms with E-state index >= 15 is 0 Å². The molecule has 4 N–H and O–H groups in total. The zero-order valence-electron chi connectivity index (χ0n) is 10.2. The van der Waals surface area contributed by atoms with E-state index in [9.17, 15) is 9.90 Å². The van der Waals surface area contributed by atoms with Gasteiger partial charge in [-0.05, 0) is 24.8 Å². The van der Waals surface area contributed by atoms with Crippen molar-refractivity contribution in [2.75, 3.05) is 24.2 Å². The third-order valence-corrected chi connectivity index (χ3v) is 3.25. The molecule has 0 spiro atoms. The van der Waals surface area contributed by atoms with Gasteiger partial charge < -0.3 is 20.8 Å². The van der Waals surface area contributed by atoms with Crippen LogP contribution in [0.1, 0.15) is 23.2 Å². The van der Waals surface area contributed by atoms with Crippen LogP contribution in [0, 0.1) is 5.92 Å². The second-order valence-electron chi connectivity index (χ2n) is 4.81. The van der Waals surface area contributed by atoms with Crippen molar-refractivity contribution in [2.24, 2.45) is 5.92 Å². The number of rotatable bonds is 4. The maximum atomic E-state index is 10.8. The Morgan fingerprint density at radius 3 is 2.78 bits per heavy atom. The van der Waals surface area contributed by atoms with Crippen LogP contribution < -0.4 is 10.6 Å². The van der Waals surface area contributed by atoms with Crippen LogP contribution in [0.3, 0.4) is 0 Å². The number of hydrogen-bond donors (Lipinski definition) is 3. The summed E-state index contributed by atoms with van der Waals surface area (Å²) in [5.74, 6) is -0.00254. The topological polar surface area (TPSA) is 99.7 Å². The molecule has 6 heteroatoms. The highest BCUT2D eigenvalue weighted by atomic mass is 16.4. The van der Waals surface area contributed by atoms with E-state index in [4.69, 9.17) is 10.8 Å². The summed E-state index contributed by atoms with van der Waals surface area (Å²) in [4.78, 5) is 16.8. The van der Waals surface area contributed by atoms with E-state index in [-0.39, 0.29) is 11.7 Å². The van der Waals surface area contributed by atoms with E-state index in [2.05, 4.69) is 4.98 Å². The lowest BCUT2D eigenvalue weighted by Crippen LogP contribution is -2.37. The number of carboxylic acids is 1. The number of aliphatic hydroxyl groups excluding tert-OH is 1. The number of aliphatic hydroxyl groups is 1. The average Bonchev–Trinajstić information content (AvgIpc) is 2.26. The fourth-order valence-corrected chi connectivity index (χ4v) is 2.23. The van der Waals surface area contributed by atoms with Crippen LogP contribution in [0.4, 0.5) is 11.5 Å². The molecule has 2 rings (SSSR count). The smallest absolute Gasteiger partial charge is 0.337 e. The standard InChI is InChI=1S/C12H17N3O3/c1-15(6-7-2-9(16)3-7)11-10(13)4-8(5-14-11)12(17)18/h4-5,7,9,16H,2-3,6,13H2,1H3,(H,17,18). The quantitative estimate of drug-likeness (QED) is 0.723. The van der Waals surface area contributed by atoms with Gasteiger partial charge in [0.1, 0.15) is 0 Å². The SMILES string of the molecule is CN(CC1CC(O)C1)c1ncc(C(=O)O)cc1N. The number of anilines is 2. The summed E-state index contributed by atoms with van der Waals surface area (Å²) >= 11 is 0. The second kappa shape index (κ2) is 4.81. The molecule has 0 unspecified atom stereocenters.